The zero-order chi connectivity index (χ0) is 25.4. The molecule has 0 bridgehead atoms. The van der Waals surface area contributed by atoms with Crippen molar-refractivity contribution in [2.24, 2.45) is 17.8 Å². The number of aliphatic hydroxyl groups is 1. The van der Waals surface area contributed by atoms with E-state index in [0.717, 1.165) is 24.5 Å². The van der Waals surface area contributed by atoms with Crippen molar-refractivity contribution >= 4 is 18.3 Å². The van der Waals surface area contributed by atoms with Crippen LogP contribution in [0.5, 0.6) is 0 Å². The van der Waals surface area contributed by atoms with Crippen LogP contribution < -0.4 is 0 Å². The van der Waals surface area contributed by atoms with Crippen LogP contribution in [0.15, 0.2) is 48.5 Å². The van der Waals surface area contributed by atoms with Gasteiger partial charge in [0.2, 0.25) is 5.91 Å². The summed E-state index contributed by atoms with van der Waals surface area (Å²) in [7, 11) is 0. The molecular formula is C29H37ClF2N2O3. The summed E-state index contributed by atoms with van der Waals surface area (Å²) in [6, 6.07) is 13.7. The van der Waals surface area contributed by atoms with E-state index in [1.165, 1.54) is 12.1 Å². The summed E-state index contributed by atoms with van der Waals surface area (Å²) in [4.78, 5) is 18.2. The van der Waals surface area contributed by atoms with Gasteiger partial charge in [0.25, 0.3) is 0 Å². The molecule has 5 atom stereocenters. The maximum absolute atomic E-state index is 14.9. The highest BCUT2D eigenvalue weighted by atomic mass is 35.5. The molecular weight excluding hydrogens is 498 g/mol. The van der Waals surface area contributed by atoms with Crippen molar-refractivity contribution in [2.75, 3.05) is 39.4 Å². The topological polar surface area (TPSA) is 53.0 Å². The minimum Gasteiger partial charge on any atom is -0.384 e. The number of piperidine rings is 1. The molecule has 8 heteroatoms. The molecule has 3 aliphatic heterocycles. The molecule has 2 aromatic rings. The number of carbonyl (C=O) groups is 1. The molecule has 0 aliphatic carbocycles. The van der Waals surface area contributed by atoms with Crippen molar-refractivity contribution in [3.8, 4) is 0 Å². The first-order valence-electron chi connectivity index (χ1n) is 13.1. The van der Waals surface area contributed by atoms with Gasteiger partial charge in [0.1, 0.15) is 11.6 Å². The van der Waals surface area contributed by atoms with Crippen LogP contribution in [0.1, 0.15) is 43.7 Å². The Hall–Kier alpha value is -2.06. The highest BCUT2D eigenvalue weighted by Crippen LogP contribution is 2.43. The van der Waals surface area contributed by atoms with Gasteiger partial charge >= 0.3 is 0 Å². The number of carbonyl (C=O) groups excluding carboxylic acids is 1. The molecule has 5 rings (SSSR count). The third kappa shape index (κ3) is 5.29. The van der Waals surface area contributed by atoms with Gasteiger partial charge in [-0.15, -0.1) is 12.4 Å². The summed E-state index contributed by atoms with van der Waals surface area (Å²) >= 11 is 0. The highest BCUT2D eigenvalue weighted by Gasteiger charge is 2.49. The van der Waals surface area contributed by atoms with Crippen LogP contribution in [0.2, 0.25) is 0 Å². The molecule has 0 aromatic heterocycles. The summed E-state index contributed by atoms with van der Waals surface area (Å²) in [5, 5.41) is 11.7. The predicted octanol–water partition coefficient (Wildman–Crippen LogP) is 4.58. The Morgan fingerprint density at radius 2 is 1.62 bits per heavy atom. The van der Waals surface area contributed by atoms with Crippen LogP contribution in [-0.2, 0) is 15.1 Å². The van der Waals surface area contributed by atoms with Crippen LogP contribution in [0, 0.1) is 29.4 Å². The summed E-state index contributed by atoms with van der Waals surface area (Å²) in [5.41, 5.74) is 0.253. The second kappa shape index (κ2) is 11.4. The lowest BCUT2D eigenvalue weighted by Crippen LogP contribution is -2.57. The molecule has 3 aliphatic rings. The van der Waals surface area contributed by atoms with Crippen LogP contribution in [0.4, 0.5) is 8.78 Å². The molecule has 0 radical (unpaired) electrons. The standard InChI is InChI=1S/C29H36F2N2O3.ClH/c1-19-15-33(16-20(2)29(19,35)21-6-4-3-5-7-21)28(34)26-18-32(23-10-12-36-13-11-23)17-25(26)24-9-8-22(30)14-27(24)31;/h3-9,14,19-20,23,25-26,35H,10-13,15-18H2,1-2H3;1H/t19-,20+,25-,26+,29+;/m0./s1. The molecule has 0 saturated carbocycles. The lowest BCUT2D eigenvalue weighted by Gasteiger charge is -2.48. The zero-order valence-electron chi connectivity index (χ0n) is 21.5. The largest absolute Gasteiger partial charge is 0.384 e. The van der Waals surface area contributed by atoms with Gasteiger partial charge in [-0.25, -0.2) is 8.78 Å². The number of hydrogen-bond acceptors (Lipinski definition) is 4. The minimum atomic E-state index is -1.02. The molecule has 202 valence electrons. The van der Waals surface area contributed by atoms with E-state index >= 15 is 0 Å². The van der Waals surface area contributed by atoms with E-state index in [1.807, 2.05) is 49.1 Å². The van der Waals surface area contributed by atoms with Crippen LogP contribution in [0.3, 0.4) is 0 Å². The molecule has 3 fully saturated rings. The predicted molar refractivity (Wildman–Crippen MR) is 140 cm³/mol. The Bertz CT molecular complexity index is 1070. The fourth-order valence-electron chi connectivity index (χ4n) is 6.74. The third-order valence-corrected chi connectivity index (χ3v) is 8.77. The Morgan fingerprint density at radius 1 is 0.973 bits per heavy atom. The van der Waals surface area contributed by atoms with Crippen LogP contribution >= 0.6 is 12.4 Å². The first-order valence-corrected chi connectivity index (χ1v) is 13.1. The number of benzene rings is 2. The van der Waals surface area contributed by atoms with E-state index in [2.05, 4.69) is 4.90 Å². The fourth-order valence-corrected chi connectivity index (χ4v) is 6.74. The molecule has 3 heterocycles. The molecule has 1 N–H and O–H groups in total. The van der Waals surface area contributed by atoms with Gasteiger partial charge in [0.05, 0.1) is 11.5 Å². The normalized spacial score (nSPS) is 31.2. The van der Waals surface area contributed by atoms with E-state index in [4.69, 9.17) is 4.74 Å². The van der Waals surface area contributed by atoms with Crippen molar-refractivity contribution in [1.82, 2.24) is 9.80 Å². The molecule has 2 aromatic carbocycles. The monoisotopic (exact) mass is 534 g/mol. The van der Waals surface area contributed by atoms with E-state index in [-0.39, 0.29) is 36.1 Å². The summed E-state index contributed by atoms with van der Waals surface area (Å²) in [6.45, 7) is 7.33. The Kier molecular flexibility index (Phi) is 8.58. The molecule has 3 saturated heterocycles. The average Bonchev–Trinajstić information content (AvgIpc) is 3.32. The molecule has 0 unspecified atom stereocenters. The van der Waals surface area contributed by atoms with Gasteiger partial charge in [-0.1, -0.05) is 50.2 Å². The Labute approximate surface area is 224 Å². The highest BCUT2D eigenvalue weighted by molar-refractivity contribution is 5.85. The molecule has 0 spiro atoms. The van der Waals surface area contributed by atoms with Crippen molar-refractivity contribution in [3.63, 3.8) is 0 Å². The maximum Gasteiger partial charge on any atom is 0.227 e. The Balaban J connectivity index is 0.00000320. The molecule has 5 nitrogen and oxygen atoms in total. The van der Waals surface area contributed by atoms with Gasteiger partial charge in [0.15, 0.2) is 0 Å². The average molecular weight is 535 g/mol. The number of ether oxygens (including phenoxy) is 1. The lowest BCUT2D eigenvalue weighted by atomic mass is 9.70. The third-order valence-electron chi connectivity index (χ3n) is 8.77. The van der Waals surface area contributed by atoms with Crippen molar-refractivity contribution in [1.29, 1.82) is 0 Å². The molecule has 37 heavy (non-hydrogen) atoms. The lowest BCUT2D eigenvalue weighted by molar-refractivity contribution is -0.152. The van der Waals surface area contributed by atoms with Gasteiger partial charge in [-0.05, 0) is 30.0 Å². The molecule has 1 amide bonds. The van der Waals surface area contributed by atoms with Crippen molar-refractivity contribution in [3.05, 3.63) is 71.3 Å². The summed E-state index contributed by atoms with van der Waals surface area (Å²) < 4.78 is 34.1. The second-order valence-electron chi connectivity index (χ2n) is 10.9. The van der Waals surface area contributed by atoms with Gasteiger partial charge in [0, 0.05) is 69.3 Å². The Morgan fingerprint density at radius 3 is 2.24 bits per heavy atom. The zero-order valence-corrected chi connectivity index (χ0v) is 22.3. The van der Waals surface area contributed by atoms with E-state index in [1.54, 1.807) is 0 Å². The van der Waals surface area contributed by atoms with Crippen LogP contribution in [-0.4, -0.2) is 66.2 Å². The number of rotatable bonds is 4. The van der Waals surface area contributed by atoms with Gasteiger partial charge in [-0.3, -0.25) is 9.69 Å². The quantitative estimate of drug-likeness (QED) is 0.624. The van der Waals surface area contributed by atoms with Gasteiger partial charge < -0.3 is 14.7 Å². The van der Waals surface area contributed by atoms with Crippen molar-refractivity contribution in [2.45, 2.75) is 44.2 Å². The van der Waals surface area contributed by atoms with Crippen LogP contribution in [0.25, 0.3) is 0 Å². The van der Waals surface area contributed by atoms with E-state index in [9.17, 15) is 18.7 Å². The second-order valence-corrected chi connectivity index (χ2v) is 10.9. The summed E-state index contributed by atoms with van der Waals surface area (Å²) in [5.74, 6) is -2.31. The number of likely N-dealkylation sites (tertiary alicyclic amines) is 2. The summed E-state index contributed by atoms with van der Waals surface area (Å²) in [6.07, 6.45) is 1.78. The fraction of sp³-hybridized carbons (Fsp3) is 0.552. The van der Waals surface area contributed by atoms with Crippen molar-refractivity contribution < 1.29 is 23.4 Å². The smallest absolute Gasteiger partial charge is 0.227 e. The first-order chi connectivity index (χ1) is 17.3. The number of nitrogens with zero attached hydrogens (tertiary/aromatic N) is 2. The maximum atomic E-state index is 14.9. The number of hydrogen-bond donors (Lipinski definition) is 1. The minimum absolute atomic E-state index is 0. The van der Waals surface area contributed by atoms with E-state index < -0.39 is 23.2 Å². The van der Waals surface area contributed by atoms with Gasteiger partial charge in [-0.2, -0.15) is 0 Å². The number of amides is 1. The number of halogens is 3. The SMILES string of the molecule is C[C@@H]1CN(C(=O)[C@@H]2CN(C3CCOCC3)C[C@H]2c2ccc(F)cc2F)C[C@H](C)[C@]1(O)c1ccccc1.Cl. The van der Waals surface area contributed by atoms with E-state index in [0.29, 0.717) is 51.0 Å². The first kappa shape index (κ1) is 28.0.